The molecule has 2 aromatic rings. The number of ether oxygens (including phenoxy) is 1. The highest BCUT2D eigenvalue weighted by Gasteiger charge is 2.30. The molecular formula is C19H14Br2N2O4S. The van der Waals surface area contributed by atoms with E-state index in [1.165, 1.54) is 28.8 Å². The summed E-state index contributed by atoms with van der Waals surface area (Å²) in [4.78, 5) is 30.1. The Morgan fingerprint density at radius 2 is 2.04 bits per heavy atom. The van der Waals surface area contributed by atoms with Gasteiger partial charge in [-0.3, -0.25) is 9.69 Å². The number of carboxylic acids is 1. The number of halogens is 2. The Bertz CT molecular complexity index is 1040. The van der Waals surface area contributed by atoms with Crippen LogP contribution >= 0.6 is 43.6 Å². The molecule has 3 rings (SSSR count). The van der Waals surface area contributed by atoms with E-state index in [9.17, 15) is 9.59 Å². The molecule has 0 spiro atoms. The molecule has 0 aromatic heterocycles. The Hall–Kier alpha value is -2.10. The molecule has 0 radical (unpaired) electrons. The van der Waals surface area contributed by atoms with Gasteiger partial charge in [-0.2, -0.15) is 0 Å². The number of benzene rings is 2. The number of thioether (sulfide) groups is 1. The van der Waals surface area contributed by atoms with Crippen molar-refractivity contribution in [3.63, 3.8) is 0 Å². The summed E-state index contributed by atoms with van der Waals surface area (Å²) >= 11 is 8.11. The van der Waals surface area contributed by atoms with Gasteiger partial charge < -0.3 is 9.84 Å². The van der Waals surface area contributed by atoms with Crippen molar-refractivity contribution in [2.24, 2.45) is 4.99 Å². The molecule has 1 N–H and O–H groups in total. The molecule has 1 aliphatic heterocycles. The van der Waals surface area contributed by atoms with Crippen LogP contribution in [0.25, 0.3) is 6.08 Å². The SMILES string of the molecule is COc1c(Br)cc(Br)cc1C=C1SC(=Nc2cccc(C(=O)O)c2)N(C)C1=O. The summed E-state index contributed by atoms with van der Waals surface area (Å²) in [5, 5.41) is 9.58. The minimum Gasteiger partial charge on any atom is -0.495 e. The molecule has 1 amide bonds. The molecule has 1 heterocycles. The Morgan fingerprint density at radius 1 is 1.29 bits per heavy atom. The zero-order valence-corrected chi connectivity index (χ0v) is 18.8. The van der Waals surface area contributed by atoms with Crippen molar-refractivity contribution in [3.05, 3.63) is 61.4 Å². The number of nitrogens with zero attached hydrogens (tertiary/aromatic N) is 2. The Kier molecular flexibility index (Phi) is 6.26. The summed E-state index contributed by atoms with van der Waals surface area (Å²) in [5.41, 5.74) is 1.34. The number of methoxy groups -OCH3 is 1. The first-order chi connectivity index (χ1) is 13.3. The number of hydrogen-bond acceptors (Lipinski definition) is 5. The van der Waals surface area contributed by atoms with Crippen molar-refractivity contribution in [1.29, 1.82) is 0 Å². The fourth-order valence-corrected chi connectivity index (χ4v) is 4.91. The molecule has 0 saturated carbocycles. The van der Waals surface area contributed by atoms with E-state index in [-0.39, 0.29) is 11.5 Å². The summed E-state index contributed by atoms with van der Waals surface area (Å²) in [7, 11) is 3.19. The maximum Gasteiger partial charge on any atom is 0.335 e. The van der Waals surface area contributed by atoms with Crippen molar-refractivity contribution >= 4 is 72.4 Å². The van der Waals surface area contributed by atoms with E-state index >= 15 is 0 Å². The minimum absolute atomic E-state index is 0.137. The lowest BCUT2D eigenvalue weighted by Crippen LogP contribution is -2.23. The van der Waals surface area contributed by atoms with E-state index in [2.05, 4.69) is 36.9 Å². The molecule has 1 saturated heterocycles. The molecule has 0 unspecified atom stereocenters. The third-order valence-corrected chi connectivity index (χ3v) is 5.96. The number of rotatable bonds is 4. The third kappa shape index (κ3) is 4.31. The van der Waals surface area contributed by atoms with E-state index < -0.39 is 5.97 Å². The van der Waals surface area contributed by atoms with Gasteiger partial charge in [-0.25, -0.2) is 9.79 Å². The topological polar surface area (TPSA) is 79.2 Å². The fourth-order valence-electron chi connectivity index (χ4n) is 2.51. The predicted molar refractivity (Wildman–Crippen MR) is 117 cm³/mol. The molecule has 0 atom stereocenters. The molecule has 0 bridgehead atoms. The van der Waals surface area contributed by atoms with Gasteiger partial charge in [0.15, 0.2) is 5.17 Å². The van der Waals surface area contributed by atoms with Gasteiger partial charge >= 0.3 is 5.97 Å². The van der Waals surface area contributed by atoms with Crippen LogP contribution in [0.3, 0.4) is 0 Å². The van der Waals surface area contributed by atoms with Gasteiger partial charge in [0.05, 0.1) is 27.7 Å². The van der Waals surface area contributed by atoms with Crippen molar-refractivity contribution in [2.75, 3.05) is 14.2 Å². The number of likely N-dealkylation sites (N-methyl/N-ethyl adjacent to an activating group) is 1. The van der Waals surface area contributed by atoms with Gasteiger partial charge in [0.1, 0.15) is 5.75 Å². The number of aliphatic imine (C=N–C) groups is 1. The van der Waals surface area contributed by atoms with E-state index in [0.29, 0.717) is 21.5 Å². The number of amidine groups is 1. The first-order valence-electron chi connectivity index (χ1n) is 7.93. The third-order valence-electron chi connectivity index (χ3n) is 3.85. The number of hydrogen-bond donors (Lipinski definition) is 1. The lowest BCUT2D eigenvalue weighted by atomic mass is 10.2. The van der Waals surface area contributed by atoms with Crippen LogP contribution in [0.15, 0.2) is 55.2 Å². The number of carbonyl (C=O) groups excluding carboxylic acids is 1. The molecule has 2 aromatic carbocycles. The van der Waals surface area contributed by atoms with Crippen molar-refractivity contribution in [2.45, 2.75) is 0 Å². The Balaban J connectivity index is 1.97. The molecule has 6 nitrogen and oxygen atoms in total. The largest absolute Gasteiger partial charge is 0.495 e. The summed E-state index contributed by atoms with van der Waals surface area (Å²) in [6.45, 7) is 0. The first-order valence-corrected chi connectivity index (χ1v) is 10.3. The van der Waals surface area contributed by atoms with Crippen LogP contribution in [0, 0.1) is 0 Å². The second-order valence-electron chi connectivity index (χ2n) is 5.73. The lowest BCUT2D eigenvalue weighted by molar-refractivity contribution is -0.121. The molecular weight excluding hydrogens is 512 g/mol. The van der Waals surface area contributed by atoms with E-state index in [4.69, 9.17) is 9.84 Å². The van der Waals surface area contributed by atoms with Crippen molar-refractivity contribution < 1.29 is 19.4 Å². The van der Waals surface area contributed by atoms with Gasteiger partial charge in [0.25, 0.3) is 5.91 Å². The van der Waals surface area contributed by atoms with Gasteiger partial charge in [-0.05, 0) is 64.1 Å². The average molecular weight is 526 g/mol. The lowest BCUT2D eigenvalue weighted by Gasteiger charge is -2.09. The maximum atomic E-state index is 12.7. The molecule has 9 heteroatoms. The molecule has 1 aliphatic rings. The molecule has 0 aliphatic carbocycles. The quantitative estimate of drug-likeness (QED) is 0.558. The minimum atomic E-state index is -1.03. The van der Waals surface area contributed by atoms with Gasteiger partial charge in [0.2, 0.25) is 0 Å². The number of carbonyl (C=O) groups is 2. The van der Waals surface area contributed by atoms with Crippen molar-refractivity contribution in [3.8, 4) is 5.75 Å². The van der Waals surface area contributed by atoms with E-state index in [1.54, 1.807) is 32.4 Å². The molecule has 1 fully saturated rings. The number of aromatic carboxylic acids is 1. The normalized spacial score (nSPS) is 16.9. The highest BCUT2D eigenvalue weighted by molar-refractivity contribution is 9.11. The fraction of sp³-hybridized carbons (Fsp3) is 0.105. The predicted octanol–water partition coefficient (Wildman–Crippen LogP) is 5.15. The summed E-state index contributed by atoms with van der Waals surface area (Å²) in [6, 6.07) is 9.98. The second kappa shape index (κ2) is 8.50. The van der Waals surface area contributed by atoms with E-state index in [0.717, 1.165) is 14.5 Å². The zero-order chi connectivity index (χ0) is 20.4. The van der Waals surface area contributed by atoms with Crippen LogP contribution in [-0.4, -0.2) is 41.2 Å². The Labute approximate surface area is 182 Å². The second-order valence-corrected chi connectivity index (χ2v) is 8.51. The number of amides is 1. The smallest absolute Gasteiger partial charge is 0.335 e. The first kappa shape index (κ1) is 20.6. The van der Waals surface area contributed by atoms with Crippen LogP contribution in [0.1, 0.15) is 15.9 Å². The molecule has 144 valence electrons. The van der Waals surface area contributed by atoms with Gasteiger partial charge in [-0.1, -0.05) is 22.0 Å². The summed E-state index contributed by atoms with van der Waals surface area (Å²) in [6.07, 6.45) is 1.74. The Morgan fingerprint density at radius 3 is 2.71 bits per heavy atom. The highest BCUT2D eigenvalue weighted by Crippen LogP contribution is 2.38. The molecule has 28 heavy (non-hydrogen) atoms. The monoisotopic (exact) mass is 524 g/mol. The van der Waals surface area contributed by atoms with Crippen LogP contribution < -0.4 is 4.74 Å². The van der Waals surface area contributed by atoms with Crippen LogP contribution in [-0.2, 0) is 4.79 Å². The van der Waals surface area contributed by atoms with Crippen LogP contribution in [0.4, 0.5) is 5.69 Å². The van der Waals surface area contributed by atoms with Crippen LogP contribution in [0.5, 0.6) is 5.75 Å². The maximum absolute atomic E-state index is 12.7. The van der Waals surface area contributed by atoms with E-state index in [1.807, 2.05) is 12.1 Å². The summed E-state index contributed by atoms with van der Waals surface area (Å²) < 4.78 is 7.04. The zero-order valence-electron chi connectivity index (χ0n) is 14.8. The standard InChI is InChI=1S/C19H14Br2N2O4S/c1-23-17(24)15(8-11-6-12(20)9-14(21)16(11)27-2)28-19(23)22-13-5-3-4-10(7-13)18(25)26/h3-9H,1-2H3,(H,25,26). The average Bonchev–Trinajstić information content (AvgIpc) is 2.89. The number of carboxylic acid groups (broad SMARTS) is 1. The van der Waals surface area contributed by atoms with Crippen molar-refractivity contribution in [1.82, 2.24) is 4.90 Å². The van der Waals surface area contributed by atoms with Gasteiger partial charge in [0, 0.05) is 17.1 Å². The van der Waals surface area contributed by atoms with Gasteiger partial charge in [-0.15, -0.1) is 0 Å². The van der Waals surface area contributed by atoms with Crippen LogP contribution in [0.2, 0.25) is 0 Å². The summed E-state index contributed by atoms with van der Waals surface area (Å²) in [5.74, 6) is -0.610. The highest BCUT2D eigenvalue weighted by atomic mass is 79.9.